The number of rotatable bonds is 3. The molecule has 18 heavy (non-hydrogen) atoms. The molecule has 1 N–H and O–H groups in total. The van der Waals surface area contributed by atoms with Crippen molar-refractivity contribution >= 4 is 27.5 Å². The monoisotopic (exact) mass is 333 g/mol. The van der Waals surface area contributed by atoms with Crippen molar-refractivity contribution in [1.82, 2.24) is 5.32 Å². The van der Waals surface area contributed by atoms with Gasteiger partial charge in [0, 0.05) is 10.5 Å². The molecule has 1 nitrogen and oxygen atoms in total. The fourth-order valence-electron chi connectivity index (χ4n) is 2.98. The predicted octanol–water partition coefficient (Wildman–Crippen LogP) is 4.73. The van der Waals surface area contributed by atoms with E-state index in [-0.39, 0.29) is 16.8 Å². The van der Waals surface area contributed by atoms with Gasteiger partial charge < -0.3 is 5.32 Å². The fraction of sp³-hybridized carbons (Fsp3) is 0.571. The van der Waals surface area contributed by atoms with Crippen molar-refractivity contribution in [2.45, 2.75) is 38.6 Å². The highest BCUT2D eigenvalue weighted by molar-refractivity contribution is 9.10. The van der Waals surface area contributed by atoms with E-state index in [0.717, 1.165) is 24.9 Å². The summed E-state index contributed by atoms with van der Waals surface area (Å²) in [6.45, 7) is 5.27. The summed E-state index contributed by atoms with van der Waals surface area (Å²) in [5, 5.41) is 3.68. The highest BCUT2D eigenvalue weighted by Gasteiger charge is 2.35. The Labute approximate surface area is 121 Å². The van der Waals surface area contributed by atoms with E-state index in [1.807, 2.05) is 12.1 Å². The molecule has 0 bridgehead atoms. The van der Waals surface area contributed by atoms with Crippen LogP contribution in [-0.2, 0) is 0 Å². The zero-order valence-electron chi connectivity index (χ0n) is 10.6. The molecule has 0 radical (unpaired) electrons. The van der Waals surface area contributed by atoms with Gasteiger partial charge in [-0.15, -0.1) is 0 Å². The van der Waals surface area contributed by atoms with Crippen LogP contribution < -0.4 is 5.32 Å². The molecular weight excluding hydrogens is 317 g/mol. The summed E-state index contributed by atoms with van der Waals surface area (Å²) in [7, 11) is 0. The number of benzene rings is 1. The molecule has 100 valence electrons. The third-order valence-electron chi connectivity index (χ3n) is 3.99. The molecule has 1 saturated carbocycles. The first-order valence-electron chi connectivity index (χ1n) is 6.43. The van der Waals surface area contributed by atoms with Crippen molar-refractivity contribution in [2.24, 2.45) is 5.92 Å². The van der Waals surface area contributed by atoms with Crippen molar-refractivity contribution in [3.63, 3.8) is 0 Å². The third-order valence-corrected chi connectivity index (χ3v) is 5.25. The maximum absolute atomic E-state index is 14.2. The van der Waals surface area contributed by atoms with Crippen LogP contribution in [0.4, 0.5) is 4.39 Å². The zero-order chi connectivity index (χ0) is 13.3. The molecule has 1 aromatic carbocycles. The molecule has 0 amide bonds. The number of nitrogens with one attached hydrogen (secondary N) is 1. The summed E-state index contributed by atoms with van der Waals surface area (Å²) >= 11 is 9.23. The molecule has 1 fully saturated rings. The second kappa shape index (κ2) is 5.89. The van der Waals surface area contributed by atoms with Gasteiger partial charge in [0.05, 0.1) is 5.02 Å². The fourth-order valence-corrected chi connectivity index (χ4v) is 3.46. The van der Waals surface area contributed by atoms with E-state index in [9.17, 15) is 4.39 Å². The Morgan fingerprint density at radius 1 is 1.44 bits per heavy atom. The second-order valence-electron chi connectivity index (χ2n) is 4.97. The van der Waals surface area contributed by atoms with Gasteiger partial charge in [-0.3, -0.25) is 0 Å². The Morgan fingerprint density at radius 2 is 2.17 bits per heavy atom. The van der Waals surface area contributed by atoms with Crippen LogP contribution in [0.2, 0.25) is 5.02 Å². The molecule has 0 spiro atoms. The summed E-state index contributed by atoms with van der Waals surface area (Å²) in [4.78, 5) is 0. The molecule has 0 aromatic heterocycles. The number of hydrogen-bond donors (Lipinski definition) is 1. The van der Waals surface area contributed by atoms with Crippen LogP contribution in [0.5, 0.6) is 0 Å². The van der Waals surface area contributed by atoms with Crippen LogP contribution in [0.3, 0.4) is 0 Å². The standard InChI is InChI=1S/C14H18BrClFN/c1-3-18-12-7-5-9(8(12)2)10-4-6-11(15)13(16)14(10)17/h4,6,8-9,12,18H,3,5,7H2,1-2H3. The first-order chi connectivity index (χ1) is 8.56. The summed E-state index contributed by atoms with van der Waals surface area (Å²) < 4.78 is 14.8. The quantitative estimate of drug-likeness (QED) is 0.788. The molecule has 0 saturated heterocycles. The summed E-state index contributed by atoms with van der Waals surface area (Å²) in [6.07, 6.45) is 2.13. The lowest BCUT2D eigenvalue weighted by Gasteiger charge is -2.22. The van der Waals surface area contributed by atoms with E-state index < -0.39 is 0 Å². The minimum atomic E-state index is -0.264. The normalized spacial score (nSPS) is 27.7. The molecule has 1 aliphatic rings. The van der Waals surface area contributed by atoms with Gasteiger partial charge in [-0.2, -0.15) is 0 Å². The summed E-state index contributed by atoms with van der Waals surface area (Å²) in [6, 6.07) is 4.19. The Balaban J connectivity index is 2.26. The number of hydrogen-bond acceptors (Lipinski definition) is 1. The zero-order valence-corrected chi connectivity index (χ0v) is 13.0. The summed E-state index contributed by atoms with van der Waals surface area (Å²) in [5.41, 5.74) is 0.760. The number of halogens is 3. The maximum atomic E-state index is 14.2. The van der Waals surface area contributed by atoms with Crippen LogP contribution in [-0.4, -0.2) is 12.6 Å². The van der Waals surface area contributed by atoms with Gasteiger partial charge >= 0.3 is 0 Å². The summed E-state index contributed by atoms with van der Waals surface area (Å²) in [5.74, 6) is 0.441. The average molecular weight is 335 g/mol. The Hall–Kier alpha value is -0.120. The smallest absolute Gasteiger partial charge is 0.146 e. The van der Waals surface area contributed by atoms with E-state index in [1.165, 1.54) is 0 Å². The Kier molecular flexibility index (Phi) is 4.68. The molecule has 0 heterocycles. The highest BCUT2D eigenvalue weighted by Crippen LogP contribution is 2.42. The van der Waals surface area contributed by atoms with Gasteiger partial charge in [-0.1, -0.05) is 31.5 Å². The van der Waals surface area contributed by atoms with Crippen molar-refractivity contribution in [2.75, 3.05) is 6.54 Å². The molecular formula is C14H18BrClFN. The predicted molar refractivity (Wildman–Crippen MR) is 77.7 cm³/mol. The Morgan fingerprint density at radius 3 is 2.83 bits per heavy atom. The Bertz CT molecular complexity index is 438. The maximum Gasteiger partial charge on any atom is 0.146 e. The van der Waals surface area contributed by atoms with Gasteiger partial charge in [-0.25, -0.2) is 4.39 Å². The van der Waals surface area contributed by atoms with E-state index in [1.54, 1.807) is 0 Å². The molecule has 0 aliphatic heterocycles. The first-order valence-corrected chi connectivity index (χ1v) is 7.60. The van der Waals surface area contributed by atoms with Crippen LogP contribution in [0.25, 0.3) is 0 Å². The van der Waals surface area contributed by atoms with Gasteiger partial charge in [0.1, 0.15) is 5.82 Å². The van der Waals surface area contributed by atoms with Crippen LogP contribution in [0.15, 0.2) is 16.6 Å². The van der Waals surface area contributed by atoms with Crippen LogP contribution >= 0.6 is 27.5 Å². The molecule has 1 aromatic rings. The van der Waals surface area contributed by atoms with Gasteiger partial charge in [0.25, 0.3) is 0 Å². The largest absolute Gasteiger partial charge is 0.314 e. The lowest BCUT2D eigenvalue weighted by atomic mass is 9.88. The minimum Gasteiger partial charge on any atom is -0.314 e. The van der Waals surface area contributed by atoms with Crippen LogP contribution in [0.1, 0.15) is 38.2 Å². The van der Waals surface area contributed by atoms with Crippen molar-refractivity contribution in [1.29, 1.82) is 0 Å². The molecule has 1 aliphatic carbocycles. The molecule has 2 rings (SSSR count). The van der Waals surface area contributed by atoms with Crippen molar-refractivity contribution < 1.29 is 4.39 Å². The van der Waals surface area contributed by atoms with E-state index in [4.69, 9.17) is 11.6 Å². The topological polar surface area (TPSA) is 12.0 Å². The molecule has 3 atom stereocenters. The third kappa shape index (κ3) is 2.59. The van der Waals surface area contributed by atoms with Gasteiger partial charge in [0.2, 0.25) is 0 Å². The minimum absolute atomic E-state index is 0.201. The highest BCUT2D eigenvalue weighted by atomic mass is 79.9. The van der Waals surface area contributed by atoms with Gasteiger partial charge in [0.15, 0.2) is 0 Å². The van der Waals surface area contributed by atoms with E-state index >= 15 is 0 Å². The lowest BCUT2D eigenvalue weighted by molar-refractivity contribution is 0.405. The van der Waals surface area contributed by atoms with E-state index in [2.05, 4.69) is 35.1 Å². The molecule has 4 heteroatoms. The molecule has 3 unspecified atom stereocenters. The average Bonchev–Trinajstić information content (AvgIpc) is 2.70. The second-order valence-corrected chi connectivity index (χ2v) is 6.20. The van der Waals surface area contributed by atoms with Crippen molar-refractivity contribution in [3.8, 4) is 0 Å². The van der Waals surface area contributed by atoms with Crippen molar-refractivity contribution in [3.05, 3.63) is 33.0 Å². The first kappa shape index (κ1) is 14.3. The SMILES string of the molecule is CCNC1CCC(c2ccc(Br)c(Cl)c2F)C1C. The van der Waals surface area contributed by atoms with E-state index in [0.29, 0.717) is 16.4 Å². The lowest BCUT2D eigenvalue weighted by Crippen LogP contribution is -2.32. The van der Waals surface area contributed by atoms with Gasteiger partial charge in [-0.05, 0) is 58.8 Å². The van der Waals surface area contributed by atoms with Crippen LogP contribution in [0, 0.1) is 11.7 Å².